The topological polar surface area (TPSA) is 64.3 Å². The van der Waals surface area contributed by atoms with Gasteiger partial charge in [0.05, 0.1) is 6.04 Å². The van der Waals surface area contributed by atoms with Crippen molar-refractivity contribution < 1.29 is 9.53 Å². The first-order valence-electron chi connectivity index (χ1n) is 7.21. The lowest BCUT2D eigenvalue weighted by atomic mass is 10.0. The number of nitrogens with one attached hydrogen (secondary N) is 1. The molecule has 1 fully saturated rings. The van der Waals surface area contributed by atoms with Gasteiger partial charge < -0.3 is 15.8 Å². The van der Waals surface area contributed by atoms with Crippen LogP contribution in [0.15, 0.2) is 30.3 Å². The van der Waals surface area contributed by atoms with Crippen molar-refractivity contribution >= 4 is 5.91 Å². The van der Waals surface area contributed by atoms with E-state index < -0.39 is 6.04 Å². The molecular formula is C16H24N2O2. The van der Waals surface area contributed by atoms with E-state index >= 15 is 0 Å². The van der Waals surface area contributed by atoms with Gasteiger partial charge in [-0.15, -0.1) is 0 Å². The predicted molar refractivity (Wildman–Crippen MR) is 79.3 cm³/mol. The van der Waals surface area contributed by atoms with Gasteiger partial charge in [-0.1, -0.05) is 30.3 Å². The van der Waals surface area contributed by atoms with Gasteiger partial charge in [0.25, 0.3) is 0 Å². The van der Waals surface area contributed by atoms with Gasteiger partial charge in [-0.25, -0.2) is 0 Å². The van der Waals surface area contributed by atoms with Crippen molar-refractivity contribution in [3.05, 3.63) is 35.9 Å². The number of rotatable bonds is 8. The minimum absolute atomic E-state index is 0.0578. The van der Waals surface area contributed by atoms with E-state index in [9.17, 15) is 4.79 Å². The van der Waals surface area contributed by atoms with Crippen LogP contribution in [0.2, 0.25) is 0 Å². The van der Waals surface area contributed by atoms with Crippen LogP contribution in [0.4, 0.5) is 0 Å². The van der Waals surface area contributed by atoms with Gasteiger partial charge in [-0.2, -0.15) is 0 Å². The Kier molecular flexibility index (Phi) is 5.15. The Hall–Kier alpha value is -1.39. The largest absolute Gasteiger partial charge is 0.385 e. The molecule has 4 nitrogen and oxygen atoms in total. The Bertz CT molecular complexity index is 429. The lowest BCUT2D eigenvalue weighted by Gasteiger charge is -2.18. The molecular weight excluding hydrogens is 252 g/mol. The average Bonchev–Trinajstić information content (AvgIpc) is 3.24. The molecule has 1 atom stereocenters. The van der Waals surface area contributed by atoms with Crippen LogP contribution in [0.1, 0.15) is 24.8 Å². The van der Waals surface area contributed by atoms with Crippen LogP contribution in [-0.2, 0) is 16.0 Å². The molecule has 1 amide bonds. The molecule has 1 aromatic rings. The summed E-state index contributed by atoms with van der Waals surface area (Å²) in [6.45, 7) is 1.48. The third-order valence-electron chi connectivity index (χ3n) is 4.07. The summed E-state index contributed by atoms with van der Waals surface area (Å²) in [7, 11) is 1.71. The van der Waals surface area contributed by atoms with E-state index in [0.717, 1.165) is 25.1 Å². The Morgan fingerprint density at radius 3 is 2.70 bits per heavy atom. The van der Waals surface area contributed by atoms with Gasteiger partial charge in [0, 0.05) is 20.3 Å². The zero-order valence-corrected chi connectivity index (χ0v) is 12.1. The highest BCUT2D eigenvalue weighted by Gasteiger charge is 2.42. The highest BCUT2D eigenvalue weighted by atomic mass is 16.5. The average molecular weight is 276 g/mol. The molecule has 1 aliphatic rings. The maximum Gasteiger partial charge on any atom is 0.237 e. The van der Waals surface area contributed by atoms with Crippen molar-refractivity contribution in [2.45, 2.75) is 31.7 Å². The van der Waals surface area contributed by atoms with E-state index in [1.165, 1.54) is 12.8 Å². The molecule has 0 spiro atoms. The number of hydrogen-bond donors (Lipinski definition) is 2. The number of carbonyl (C=O) groups excluding carboxylic acids is 1. The molecule has 1 aliphatic carbocycles. The lowest BCUT2D eigenvalue weighted by Crippen LogP contribution is -2.44. The first-order chi connectivity index (χ1) is 9.65. The maximum atomic E-state index is 12.0. The van der Waals surface area contributed by atoms with Gasteiger partial charge in [-0.05, 0) is 36.7 Å². The zero-order chi connectivity index (χ0) is 14.4. The molecule has 1 aromatic carbocycles. The van der Waals surface area contributed by atoms with Crippen LogP contribution in [0.25, 0.3) is 0 Å². The zero-order valence-electron chi connectivity index (χ0n) is 12.1. The highest BCUT2D eigenvalue weighted by Crippen LogP contribution is 2.48. The van der Waals surface area contributed by atoms with Gasteiger partial charge in [-0.3, -0.25) is 4.79 Å². The molecule has 0 unspecified atom stereocenters. The number of carbonyl (C=O) groups is 1. The first kappa shape index (κ1) is 15.0. The summed E-state index contributed by atoms with van der Waals surface area (Å²) in [5, 5.41) is 2.99. The summed E-state index contributed by atoms with van der Waals surface area (Å²) in [6, 6.07) is 9.40. The molecule has 110 valence electrons. The minimum atomic E-state index is -0.476. The van der Waals surface area contributed by atoms with Gasteiger partial charge in [0.15, 0.2) is 0 Å². The maximum absolute atomic E-state index is 12.0. The van der Waals surface area contributed by atoms with Crippen molar-refractivity contribution in [3.63, 3.8) is 0 Å². The van der Waals surface area contributed by atoms with Crippen molar-refractivity contribution in [1.29, 1.82) is 0 Å². The summed E-state index contributed by atoms with van der Waals surface area (Å²) in [4.78, 5) is 12.0. The molecule has 4 heteroatoms. The molecule has 2 rings (SSSR count). The highest BCUT2D eigenvalue weighted by molar-refractivity contribution is 5.81. The third-order valence-corrected chi connectivity index (χ3v) is 4.07. The SMILES string of the molecule is COCCC1(CNC(=O)[C@H](N)Cc2ccccc2)CC1. The van der Waals surface area contributed by atoms with Crippen LogP contribution >= 0.6 is 0 Å². The van der Waals surface area contributed by atoms with Crippen LogP contribution < -0.4 is 11.1 Å². The fraction of sp³-hybridized carbons (Fsp3) is 0.562. The minimum Gasteiger partial charge on any atom is -0.385 e. The molecule has 0 aliphatic heterocycles. The fourth-order valence-corrected chi connectivity index (χ4v) is 2.38. The molecule has 1 saturated carbocycles. The van der Waals surface area contributed by atoms with Crippen molar-refractivity contribution in [3.8, 4) is 0 Å². The van der Waals surface area contributed by atoms with Crippen LogP contribution in [0.5, 0.6) is 0 Å². The van der Waals surface area contributed by atoms with E-state index in [2.05, 4.69) is 5.32 Å². The Morgan fingerprint density at radius 2 is 2.10 bits per heavy atom. The van der Waals surface area contributed by atoms with Gasteiger partial charge >= 0.3 is 0 Å². The molecule has 3 N–H and O–H groups in total. The van der Waals surface area contributed by atoms with Crippen molar-refractivity contribution in [2.24, 2.45) is 11.1 Å². The fourth-order valence-electron chi connectivity index (χ4n) is 2.38. The molecule has 0 saturated heterocycles. The molecule has 0 bridgehead atoms. The quantitative estimate of drug-likeness (QED) is 0.756. The van der Waals surface area contributed by atoms with Crippen molar-refractivity contribution in [2.75, 3.05) is 20.3 Å². The molecule has 0 heterocycles. The second-order valence-electron chi connectivity index (χ2n) is 5.76. The summed E-state index contributed by atoms with van der Waals surface area (Å²) >= 11 is 0. The van der Waals surface area contributed by atoms with Crippen LogP contribution in [-0.4, -0.2) is 32.2 Å². The van der Waals surface area contributed by atoms with E-state index in [-0.39, 0.29) is 11.3 Å². The molecule has 20 heavy (non-hydrogen) atoms. The van der Waals surface area contributed by atoms with Gasteiger partial charge in [0.1, 0.15) is 0 Å². The number of benzene rings is 1. The Morgan fingerprint density at radius 1 is 1.40 bits per heavy atom. The summed E-state index contributed by atoms with van der Waals surface area (Å²) < 4.78 is 5.11. The van der Waals surface area contributed by atoms with Crippen LogP contribution in [0.3, 0.4) is 0 Å². The van der Waals surface area contributed by atoms with Gasteiger partial charge in [0.2, 0.25) is 5.91 Å². The van der Waals surface area contributed by atoms with Crippen molar-refractivity contribution in [1.82, 2.24) is 5.32 Å². The third kappa shape index (κ3) is 4.32. The lowest BCUT2D eigenvalue weighted by molar-refractivity contribution is -0.122. The van der Waals surface area contributed by atoms with E-state index in [1.54, 1.807) is 7.11 Å². The number of hydrogen-bond acceptors (Lipinski definition) is 3. The molecule has 0 radical (unpaired) electrons. The van der Waals surface area contributed by atoms with E-state index in [4.69, 9.17) is 10.5 Å². The predicted octanol–water partition coefficient (Wildman–Crippen LogP) is 1.49. The number of amides is 1. The molecule has 0 aromatic heterocycles. The number of methoxy groups -OCH3 is 1. The normalized spacial score (nSPS) is 17.5. The first-order valence-corrected chi connectivity index (χ1v) is 7.21. The second kappa shape index (κ2) is 6.86. The summed E-state index contributed by atoms with van der Waals surface area (Å²) in [6.07, 6.45) is 3.94. The monoisotopic (exact) mass is 276 g/mol. The van der Waals surface area contributed by atoms with E-state index in [0.29, 0.717) is 6.42 Å². The number of ether oxygens (including phenoxy) is 1. The summed E-state index contributed by atoms with van der Waals surface area (Å²) in [5.74, 6) is -0.0578. The second-order valence-corrected chi connectivity index (χ2v) is 5.76. The smallest absolute Gasteiger partial charge is 0.237 e. The Labute approximate surface area is 120 Å². The Balaban J connectivity index is 1.74. The summed E-state index contributed by atoms with van der Waals surface area (Å²) in [5.41, 5.74) is 7.32. The standard InChI is InChI=1S/C16H24N2O2/c1-20-10-9-16(7-8-16)12-18-15(19)14(17)11-13-5-3-2-4-6-13/h2-6,14H,7-12,17H2,1H3,(H,18,19)/t14-/m1/s1. The number of nitrogens with two attached hydrogens (primary N) is 1. The van der Waals surface area contributed by atoms with Crippen LogP contribution in [0, 0.1) is 5.41 Å². The van der Waals surface area contributed by atoms with E-state index in [1.807, 2.05) is 30.3 Å².